The van der Waals surface area contributed by atoms with Crippen molar-refractivity contribution in [2.75, 3.05) is 27.2 Å². The van der Waals surface area contributed by atoms with Gasteiger partial charge in [-0.2, -0.15) is 0 Å². The molecule has 1 aliphatic heterocycles. The first-order chi connectivity index (χ1) is 10.0. The van der Waals surface area contributed by atoms with Gasteiger partial charge in [-0.15, -0.1) is 0 Å². The number of likely N-dealkylation sites (N-methyl/N-ethyl adjacent to an activating group) is 1. The number of methoxy groups -OCH3 is 1. The molecule has 0 aliphatic carbocycles. The highest BCUT2D eigenvalue weighted by Gasteiger charge is 2.30. The Balaban J connectivity index is 2.14. The van der Waals surface area contributed by atoms with Crippen LogP contribution in [0.4, 0.5) is 0 Å². The van der Waals surface area contributed by atoms with E-state index in [0.29, 0.717) is 19.6 Å². The number of rotatable bonds is 4. The highest BCUT2D eigenvalue weighted by Crippen LogP contribution is 2.15. The predicted octanol–water partition coefficient (Wildman–Crippen LogP) is 0.203. The number of piperazine rings is 1. The van der Waals surface area contributed by atoms with Gasteiger partial charge in [-0.3, -0.25) is 14.4 Å². The molecule has 21 heavy (non-hydrogen) atoms. The summed E-state index contributed by atoms with van der Waals surface area (Å²) in [7, 11) is 2.95. The van der Waals surface area contributed by atoms with Crippen LogP contribution in [0.15, 0.2) is 24.3 Å². The number of hydrogen-bond donors (Lipinski definition) is 0. The van der Waals surface area contributed by atoms with Gasteiger partial charge in [0.2, 0.25) is 0 Å². The minimum Gasteiger partial charge on any atom is -0.469 e. The van der Waals surface area contributed by atoms with Gasteiger partial charge in [0.05, 0.1) is 13.5 Å². The molecule has 1 aromatic rings. The number of carbonyl (C=O) groups is 3. The van der Waals surface area contributed by atoms with Crippen LogP contribution in [-0.4, -0.2) is 54.8 Å². The smallest absolute Gasteiger partial charge is 0.312 e. The lowest BCUT2D eigenvalue weighted by Crippen LogP contribution is -2.52. The predicted molar refractivity (Wildman–Crippen MR) is 75.2 cm³/mol. The summed E-state index contributed by atoms with van der Waals surface area (Å²) in [4.78, 5) is 38.0. The minimum atomic E-state index is -0.503. The van der Waals surface area contributed by atoms with Gasteiger partial charge in [-0.1, -0.05) is 24.3 Å². The van der Waals surface area contributed by atoms with Gasteiger partial charge in [0.15, 0.2) is 0 Å². The number of nitrogens with zero attached hydrogens (tertiary/aromatic N) is 2. The van der Waals surface area contributed by atoms with Crippen molar-refractivity contribution in [1.29, 1.82) is 0 Å². The minimum absolute atomic E-state index is 0.155. The van der Waals surface area contributed by atoms with Crippen LogP contribution >= 0.6 is 0 Å². The molecule has 1 aliphatic rings. The van der Waals surface area contributed by atoms with E-state index >= 15 is 0 Å². The molecular formula is C15H18N2O4. The van der Waals surface area contributed by atoms with Crippen molar-refractivity contribution in [2.45, 2.75) is 13.0 Å². The van der Waals surface area contributed by atoms with Crippen molar-refractivity contribution in [3.05, 3.63) is 35.4 Å². The zero-order valence-corrected chi connectivity index (χ0v) is 12.2. The Labute approximate surface area is 123 Å². The van der Waals surface area contributed by atoms with E-state index in [2.05, 4.69) is 4.74 Å². The van der Waals surface area contributed by atoms with E-state index in [1.807, 2.05) is 24.3 Å². The maximum Gasteiger partial charge on any atom is 0.312 e. The molecule has 0 spiro atoms. The highest BCUT2D eigenvalue weighted by atomic mass is 16.5. The Morgan fingerprint density at radius 2 is 1.81 bits per heavy atom. The first-order valence-corrected chi connectivity index (χ1v) is 6.71. The van der Waals surface area contributed by atoms with E-state index in [9.17, 15) is 14.4 Å². The summed E-state index contributed by atoms with van der Waals surface area (Å²) >= 11 is 0. The number of hydrogen-bond acceptors (Lipinski definition) is 4. The van der Waals surface area contributed by atoms with Gasteiger partial charge < -0.3 is 14.5 Å². The molecule has 1 heterocycles. The molecule has 6 nitrogen and oxygen atoms in total. The van der Waals surface area contributed by atoms with Crippen molar-refractivity contribution in [1.82, 2.24) is 9.80 Å². The maximum absolute atomic E-state index is 12.0. The van der Waals surface area contributed by atoms with Crippen LogP contribution in [-0.2, 0) is 32.1 Å². The molecule has 2 amide bonds. The molecule has 2 rings (SSSR count). The quantitative estimate of drug-likeness (QED) is 0.587. The van der Waals surface area contributed by atoms with Crippen LogP contribution in [0.5, 0.6) is 0 Å². The van der Waals surface area contributed by atoms with Crippen molar-refractivity contribution < 1.29 is 19.1 Å². The average Bonchev–Trinajstić information content (AvgIpc) is 2.49. The Hall–Kier alpha value is -2.37. The lowest BCUT2D eigenvalue weighted by atomic mass is 10.0. The third-order valence-electron chi connectivity index (χ3n) is 3.56. The summed E-state index contributed by atoms with van der Waals surface area (Å²) in [6.07, 6.45) is 0.155. The Morgan fingerprint density at radius 1 is 1.14 bits per heavy atom. The Kier molecular flexibility index (Phi) is 4.57. The Morgan fingerprint density at radius 3 is 2.48 bits per heavy atom. The number of ether oxygens (including phenoxy) is 1. The lowest BCUT2D eigenvalue weighted by molar-refractivity contribution is -0.155. The summed E-state index contributed by atoms with van der Waals surface area (Å²) in [5.74, 6) is -1.33. The second-order valence-corrected chi connectivity index (χ2v) is 4.98. The topological polar surface area (TPSA) is 66.9 Å². The van der Waals surface area contributed by atoms with E-state index in [4.69, 9.17) is 0 Å². The van der Waals surface area contributed by atoms with Crippen LogP contribution in [0.3, 0.4) is 0 Å². The molecule has 1 fully saturated rings. The first-order valence-electron chi connectivity index (χ1n) is 6.71. The first kappa shape index (κ1) is 15.0. The van der Waals surface area contributed by atoms with Crippen LogP contribution in [0.1, 0.15) is 11.1 Å². The van der Waals surface area contributed by atoms with Crippen molar-refractivity contribution in [2.24, 2.45) is 0 Å². The number of amides is 2. The molecule has 0 bridgehead atoms. The molecule has 112 valence electrons. The van der Waals surface area contributed by atoms with Crippen molar-refractivity contribution in [3.63, 3.8) is 0 Å². The summed E-state index contributed by atoms with van der Waals surface area (Å²) < 4.78 is 4.67. The van der Waals surface area contributed by atoms with Gasteiger partial charge in [0.1, 0.15) is 0 Å². The van der Waals surface area contributed by atoms with Crippen molar-refractivity contribution >= 4 is 17.8 Å². The van der Waals surface area contributed by atoms with Crippen molar-refractivity contribution in [3.8, 4) is 0 Å². The SMILES string of the molecule is COC(=O)Cc1ccccc1CN1CCN(C)C(=O)C1=O. The second kappa shape index (κ2) is 6.39. The van der Waals surface area contributed by atoms with Crippen LogP contribution in [0.25, 0.3) is 0 Å². The molecule has 0 aromatic heterocycles. The monoisotopic (exact) mass is 290 g/mol. The molecule has 0 atom stereocenters. The van der Waals surface area contributed by atoms with Gasteiger partial charge in [-0.25, -0.2) is 0 Å². The fourth-order valence-electron chi connectivity index (χ4n) is 2.24. The number of esters is 1. The van der Waals surface area contributed by atoms with Gasteiger partial charge in [0.25, 0.3) is 0 Å². The fourth-order valence-corrected chi connectivity index (χ4v) is 2.24. The standard InChI is InChI=1S/C15H18N2O4/c1-16-7-8-17(15(20)14(16)19)10-12-6-4-3-5-11(12)9-13(18)21-2/h3-6H,7-10H2,1-2H3. The highest BCUT2D eigenvalue weighted by molar-refractivity contribution is 6.35. The maximum atomic E-state index is 12.0. The molecule has 1 aromatic carbocycles. The third kappa shape index (κ3) is 3.39. The second-order valence-electron chi connectivity index (χ2n) is 4.98. The van der Waals surface area contributed by atoms with Gasteiger partial charge >= 0.3 is 17.8 Å². The van der Waals surface area contributed by atoms with E-state index in [1.54, 1.807) is 7.05 Å². The number of benzene rings is 1. The molecule has 0 N–H and O–H groups in total. The summed E-state index contributed by atoms with van der Waals surface area (Å²) in [6.45, 7) is 1.34. The molecular weight excluding hydrogens is 272 g/mol. The Bertz CT molecular complexity index is 571. The third-order valence-corrected chi connectivity index (χ3v) is 3.56. The molecule has 0 saturated carbocycles. The molecule has 0 radical (unpaired) electrons. The fraction of sp³-hybridized carbons (Fsp3) is 0.400. The normalized spacial score (nSPS) is 15.3. The van der Waals surface area contributed by atoms with Crippen LogP contribution < -0.4 is 0 Å². The van der Waals surface area contributed by atoms with E-state index in [1.165, 1.54) is 16.9 Å². The molecule has 1 saturated heterocycles. The summed E-state index contributed by atoms with van der Waals surface area (Å²) in [5.41, 5.74) is 1.66. The zero-order valence-electron chi connectivity index (χ0n) is 12.2. The largest absolute Gasteiger partial charge is 0.469 e. The number of carbonyl (C=O) groups excluding carboxylic acids is 3. The van der Waals surface area contributed by atoms with Crippen LogP contribution in [0.2, 0.25) is 0 Å². The van der Waals surface area contributed by atoms with Gasteiger partial charge in [0, 0.05) is 26.7 Å². The van der Waals surface area contributed by atoms with E-state index in [-0.39, 0.29) is 12.4 Å². The zero-order chi connectivity index (χ0) is 15.4. The van der Waals surface area contributed by atoms with Gasteiger partial charge in [-0.05, 0) is 11.1 Å². The lowest BCUT2D eigenvalue weighted by Gasteiger charge is -2.31. The molecule has 6 heteroatoms. The average molecular weight is 290 g/mol. The van der Waals surface area contributed by atoms with E-state index < -0.39 is 11.8 Å². The summed E-state index contributed by atoms with van der Waals surface area (Å²) in [5, 5.41) is 0. The van der Waals surface area contributed by atoms with Crippen LogP contribution in [0, 0.1) is 0 Å². The summed E-state index contributed by atoms with van der Waals surface area (Å²) in [6, 6.07) is 7.36. The van der Waals surface area contributed by atoms with E-state index in [0.717, 1.165) is 11.1 Å². The molecule has 0 unspecified atom stereocenters.